The fourth-order valence-electron chi connectivity index (χ4n) is 3.35. The van der Waals surface area contributed by atoms with E-state index in [0.717, 1.165) is 44.2 Å². The van der Waals surface area contributed by atoms with Crippen LogP contribution >= 0.6 is 11.6 Å². The normalized spacial score (nSPS) is 18.8. The van der Waals surface area contributed by atoms with Crippen LogP contribution < -0.4 is 5.32 Å². The number of nitrogens with one attached hydrogen (secondary N) is 1. The molecule has 1 atom stereocenters. The predicted octanol–water partition coefficient (Wildman–Crippen LogP) is 3.33. The van der Waals surface area contributed by atoms with Crippen LogP contribution in [0.4, 0.5) is 0 Å². The molecule has 1 aromatic carbocycles. The summed E-state index contributed by atoms with van der Waals surface area (Å²) in [6.07, 6.45) is 1.12. The van der Waals surface area contributed by atoms with Crippen molar-refractivity contribution in [2.45, 2.75) is 39.3 Å². The van der Waals surface area contributed by atoms with Crippen molar-refractivity contribution < 1.29 is 0 Å². The number of halogens is 1. The van der Waals surface area contributed by atoms with Gasteiger partial charge in [-0.25, -0.2) is 0 Å². The number of piperazine rings is 1. The van der Waals surface area contributed by atoms with Gasteiger partial charge in [-0.2, -0.15) is 0 Å². The van der Waals surface area contributed by atoms with Gasteiger partial charge in [-0.05, 0) is 64.0 Å². The predicted molar refractivity (Wildman–Crippen MR) is 95.8 cm³/mol. The molecular weight excluding hydrogens is 294 g/mol. The highest BCUT2D eigenvalue weighted by Crippen LogP contribution is 2.30. The van der Waals surface area contributed by atoms with Crippen LogP contribution in [-0.2, 0) is 0 Å². The summed E-state index contributed by atoms with van der Waals surface area (Å²) in [5.74, 6) is 0. The van der Waals surface area contributed by atoms with Crippen molar-refractivity contribution in [2.24, 2.45) is 0 Å². The molecule has 3 nitrogen and oxygen atoms in total. The minimum atomic E-state index is 0.459. The van der Waals surface area contributed by atoms with E-state index < -0.39 is 0 Å². The highest BCUT2D eigenvalue weighted by atomic mass is 35.5. The Hall–Kier alpha value is -0.610. The van der Waals surface area contributed by atoms with E-state index in [4.69, 9.17) is 11.6 Å². The zero-order valence-electron chi connectivity index (χ0n) is 14.4. The first-order chi connectivity index (χ1) is 10.5. The molecule has 4 heteroatoms. The first kappa shape index (κ1) is 17.7. The molecule has 0 amide bonds. The second-order valence-corrected chi connectivity index (χ2v) is 7.01. The van der Waals surface area contributed by atoms with Crippen LogP contribution in [0, 0.1) is 6.92 Å². The molecule has 22 heavy (non-hydrogen) atoms. The van der Waals surface area contributed by atoms with Gasteiger partial charge in [-0.1, -0.05) is 17.7 Å². The van der Waals surface area contributed by atoms with E-state index in [0.29, 0.717) is 12.1 Å². The molecule has 1 saturated heterocycles. The molecule has 0 bridgehead atoms. The highest BCUT2D eigenvalue weighted by Gasteiger charge is 2.26. The van der Waals surface area contributed by atoms with Gasteiger partial charge in [0.2, 0.25) is 0 Å². The zero-order chi connectivity index (χ0) is 16.1. The van der Waals surface area contributed by atoms with Gasteiger partial charge in [-0.15, -0.1) is 0 Å². The van der Waals surface area contributed by atoms with E-state index in [2.05, 4.69) is 48.0 Å². The molecule has 0 saturated carbocycles. The molecular formula is C18H30ClN3. The van der Waals surface area contributed by atoms with E-state index in [1.54, 1.807) is 0 Å². The fraction of sp³-hybridized carbons (Fsp3) is 0.667. The van der Waals surface area contributed by atoms with Gasteiger partial charge in [0.25, 0.3) is 0 Å². The van der Waals surface area contributed by atoms with E-state index >= 15 is 0 Å². The standard InChI is InChI=1S/C18H30ClN3/c1-14(2)21-9-11-22(12-10-21)18(7-8-20-4)17-13-16(19)6-5-15(17)3/h5-6,13-14,18,20H,7-12H2,1-4H3/t18-/m0/s1. The van der Waals surface area contributed by atoms with Gasteiger partial charge in [0, 0.05) is 43.3 Å². The monoisotopic (exact) mass is 323 g/mol. The first-order valence-corrected chi connectivity index (χ1v) is 8.79. The Morgan fingerprint density at radius 2 is 1.77 bits per heavy atom. The number of nitrogens with zero attached hydrogens (tertiary/aromatic N) is 2. The number of hydrogen-bond acceptors (Lipinski definition) is 3. The number of hydrogen-bond donors (Lipinski definition) is 1. The molecule has 0 unspecified atom stereocenters. The van der Waals surface area contributed by atoms with Gasteiger partial charge in [0.1, 0.15) is 0 Å². The second-order valence-electron chi connectivity index (χ2n) is 6.57. The Balaban J connectivity index is 2.14. The molecule has 124 valence electrons. The van der Waals surface area contributed by atoms with E-state index in [-0.39, 0.29) is 0 Å². The maximum atomic E-state index is 6.26. The van der Waals surface area contributed by atoms with Crippen LogP contribution in [0.1, 0.15) is 37.4 Å². The molecule has 1 aliphatic rings. The molecule has 0 spiro atoms. The summed E-state index contributed by atoms with van der Waals surface area (Å²) in [5, 5.41) is 4.14. The summed E-state index contributed by atoms with van der Waals surface area (Å²) in [6, 6.07) is 7.40. The summed E-state index contributed by atoms with van der Waals surface area (Å²) in [4.78, 5) is 5.20. The van der Waals surface area contributed by atoms with Crippen LogP contribution in [0.15, 0.2) is 18.2 Å². The molecule has 1 aromatic rings. The van der Waals surface area contributed by atoms with Crippen molar-refractivity contribution >= 4 is 11.6 Å². The van der Waals surface area contributed by atoms with Crippen molar-refractivity contribution in [3.8, 4) is 0 Å². The quantitative estimate of drug-likeness (QED) is 0.866. The van der Waals surface area contributed by atoms with E-state index in [1.807, 2.05) is 13.1 Å². The van der Waals surface area contributed by atoms with Crippen LogP contribution in [0.3, 0.4) is 0 Å². The molecule has 1 heterocycles. The number of aryl methyl sites for hydroxylation is 1. The highest BCUT2D eigenvalue weighted by molar-refractivity contribution is 6.30. The third-order valence-corrected chi connectivity index (χ3v) is 5.02. The van der Waals surface area contributed by atoms with Crippen molar-refractivity contribution in [3.05, 3.63) is 34.3 Å². The summed E-state index contributed by atoms with van der Waals surface area (Å²) >= 11 is 6.26. The molecule has 1 fully saturated rings. The number of rotatable bonds is 6. The summed E-state index contributed by atoms with van der Waals surface area (Å²) in [6.45, 7) is 12.4. The third kappa shape index (κ3) is 4.45. The lowest BCUT2D eigenvalue weighted by molar-refractivity contribution is 0.0746. The van der Waals surface area contributed by atoms with Crippen LogP contribution in [0.5, 0.6) is 0 Å². The SMILES string of the molecule is CNCC[C@@H](c1cc(Cl)ccc1C)N1CCN(C(C)C)CC1. The van der Waals surface area contributed by atoms with Gasteiger partial charge in [0.15, 0.2) is 0 Å². The summed E-state index contributed by atoms with van der Waals surface area (Å²) in [5.41, 5.74) is 2.73. The van der Waals surface area contributed by atoms with Crippen molar-refractivity contribution in [3.63, 3.8) is 0 Å². The van der Waals surface area contributed by atoms with E-state index in [9.17, 15) is 0 Å². The van der Waals surface area contributed by atoms with E-state index in [1.165, 1.54) is 11.1 Å². The van der Waals surface area contributed by atoms with Gasteiger partial charge >= 0.3 is 0 Å². The Morgan fingerprint density at radius 3 is 2.36 bits per heavy atom. The van der Waals surface area contributed by atoms with Crippen molar-refractivity contribution in [2.75, 3.05) is 39.8 Å². The zero-order valence-corrected chi connectivity index (χ0v) is 15.2. The Morgan fingerprint density at radius 1 is 1.14 bits per heavy atom. The molecule has 1 N–H and O–H groups in total. The van der Waals surface area contributed by atoms with Crippen LogP contribution in [0.25, 0.3) is 0 Å². The molecule has 0 aromatic heterocycles. The Bertz CT molecular complexity index is 467. The topological polar surface area (TPSA) is 18.5 Å². The minimum absolute atomic E-state index is 0.459. The van der Waals surface area contributed by atoms with Crippen molar-refractivity contribution in [1.29, 1.82) is 0 Å². The van der Waals surface area contributed by atoms with Crippen molar-refractivity contribution in [1.82, 2.24) is 15.1 Å². The second kappa shape index (κ2) is 8.30. The largest absolute Gasteiger partial charge is 0.320 e. The first-order valence-electron chi connectivity index (χ1n) is 8.41. The van der Waals surface area contributed by atoms with Gasteiger partial charge < -0.3 is 5.32 Å². The smallest absolute Gasteiger partial charge is 0.0409 e. The Labute approximate surface area is 140 Å². The lowest BCUT2D eigenvalue weighted by Crippen LogP contribution is -2.50. The van der Waals surface area contributed by atoms with Crippen LogP contribution in [0.2, 0.25) is 5.02 Å². The number of benzene rings is 1. The average Bonchev–Trinajstić information content (AvgIpc) is 2.51. The minimum Gasteiger partial charge on any atom is -0.320 e. The molecule has 0 radical (unpaired) electrons. The lowest BCUT2D eigenvalue weighted by Gasteiger charge is -2.41. The third-order valence-electron chi connectivity index (χ3n) is 4.79. The molecule has 1 aliphatic heterocycles. The molecule has 2 rings (SSSR count). The Kier molecular flexibility index (Phi) is 6.69. The lowest BCUT2D eigenvalue weighted by atomic mass is 9.96. The van der Waals surface area contributed by atoms with Crippen LogP contribution in [-0.4, -0.2) is 55.6 Å². The van der Waals surface area contributed by atoms with Gasteiger partial charge in [-0.3, -0.25) is 9.80 Å². The summed E-state index contributed by atoms with van der Waals surface area (Å²) in [7, 11) is 2.03. The fourth-order valence-corrected chi connectivity index (χ4v) is 3.53. The molecule has 0 aliphatic carbocycles. The average molecular weight is 324 g/mol. The maximum absolute atomic E-state index is 6.26. The summed E-state index contributed by atoms with van der Waals surface area (Å²) < 4.78 is 0. The van der Waals surface area contributed by atoms with Gasteiger partial charge in [0.05, 0.1) is 0 Å². The maximum Gasteiger partial charge on any atom is 0.0409 e.